The monoisotopic (exact) mass is 480 g/mol. The average molecular weight is 481 g/mol. The molecule has 4 unspecified atom stereocenters. The van der Waals surface area contributed by atoms with E-state index in [0.29, 0.717) is 23.7 Å². The van der Waals surface area contributed by atoms with Crippen LogP contribution in [0.3, 0.4) is 0 Å². The van der Waals surface area contributed by atoms with Crippen molar-refractivity contribution >= 4 is 33.7 Å². The highest BCUT2D eigenvalue weighted by atomic mass is 14.5. The average Bonchev–Trinajstić information content (AvgIpc) is 3.39. The highest BCUT2D eigenvalue weighted by molar-refractivity contribution is 5.96. The van der Waals surface area contributed by atoms with Crippen LogP contribution in [-0.4, -0.2) is 0 Å². The molecule has 0 heteroatoms. The molecule has 4 atom stereocenters. The lowest BCUT2D eigenvalue weighted by Crippen LogP contribution is -2.22. The van der Waals surface area contributed by atoms with Crippen LogP contribution in [0.15, 0.2) is 109 Å². The van der Waals surface area contributed by atoms with Gasteiger partial charge in [-0.2, -0.15) is 0 Å². The molecule has 38 heavy (non-hydrogen) atoms. The minimum Gasteiger partial charge on any atom is -0.0613 e. The highest BCUT2D eigenvalue weighted by Crippen LogP contribution is 2.62. The van der Waals surface area contributed by atoms with Crippen molar-refractivity contribution in [2.45, 2.75) is 23.7 Å². The first-order chi connectivity index (χ1) is 18.8. The second-order valence-electron chi connectivity index (χ2n) is 11.6. The summed E-state index contributed by atoms with van der Waals surface area (Å²) in [5, 5.41) is 5.74. The summed E-state index contributed by atoms with van der Waals surface area (Å²) in [5.74, 6) is 2.09. The zero-order chi connectivity index (χ0) is 24.5. The molecule has 0 saturated heterocycles. The Morgan fingerprint density at radius 2 is 0.711 bits per heavy atom. The Balaban J connectivity index is 0.998. The summed E-state index contributed by atoms with van der Waals surface area (Å²) in [6, 6.07) is 41.5. The summed E-state index contributed by atoms with van der Waals surface area (Å²) in [6.07, 6.45) is 4.61. The first kappa shape index (κ1) is 19.7. The molecule has 0 fully saturated rings. The lowest BCUT2D eigenvalue weighted by molar-refractivity contribution is 0.635. The standard InChI is InChI=1S/C38H24/c1-5-23-7-3-11-29-33(23)27(9-1)35-25-17-15-21(19-31(25)37(29)35)13-14-22-16-18-26-32(20-22)38-30-12-4-8-24-6-2-10-28(34(24)30)36(26)38/h1-20,35-38H/b14-13+. The molecule has 0 amide bonds. The van der Waals surface area contributed by atoms with Crippen LogP contribution in [0.2, 0.25) is 0 Å². The van der Waals surface area contributed by atoms with E-state index in [1.165, 1.54) is 77.2 Å². The molecule has 0 radical (unpaired) electrons. The maximum atomic E-state index is 2.43. The molecule has 0 aromatic heterocycles. The maximum absolute atomic E-state index is 2.43. The lowest BCUT2D eigenvalue weighted by Gasteiger charge is -2.36. The van der Waals surface area contributed by atoms with Gasteiger partial charge in [-0.3, -0.25) is 0 Å². The van der Waals surface area contributed by atoms with Crippen LogP contribution in [-0.2, 0) is 0 Å². The van der Waals surface area contributed by atoms with Gasteiger partial charge in [0.1, 0.15) is 0 Å². The third-order valence-electron chi connectivity index (χ3n) is 9.98. The van der Waals surface area contributed by atoms with Crippen molar-refractivity contribution < 1.29 is 0 Å². The van der Waals surface area contributed by atoms with Crippen molar-refractivity contribution in [1.29, 1.82) is 0 Å². The minimum atomic E-state index is 0.513. The molecule has 0 heterocycles. The third kappa shape index (κ3) is 2.25. The van der Waals surface area contributed by atoms with Gasteiger partial charge in [0.05, 0.1) is 0 Å². The number of fused-ring (bicyclic) bond motifs is 12. The number of benzene rings is 6. The van der Waals surface area contributed by atoms with Gasteiger partial charge in [0.25, 0.3) is 0 Å². The van der Waals surface area contributed by atoms with Crippen molar-refractivity contribution in [1.82, 2.24) is 0 Å². The van der Waals surface area contributed by atoms with Gasteiger partial charge in [0.2, 0.25) is 0 Å². The minimum absolute atomic E-state index is 0.513. The molecule has 6 aromatic carbocycles. The molecule has 0 saturated carbocycles. The highest BCUT2D eigenvalue weighted by Gasteiger charge is 2.46. The Bertz CT molecular complexity index is 1900. The Labute approximate surface area is 221 Å². The summed E-state index contributed by atoms with van der Waals surface area (Å²) in [4.78, 5) is 0. The van der Waals surface area contributed by atoms with E-state index in [1.54, 1.807) is 0 Å². The quantitative estimate of drug-likeness (QED) is 0.217. The summed E-state index contributed by atoms with van der Waals surface area (Å²) in [7, 11) is 0. The molecule has 0 nitrogen and oxygen atoms in total. The molecule has 0 aliphatic heterocycles. The lowest BCUT2D eigenvalue weighted by atomic mass is 9.66. The van der Waals surface area contributed by atoms with Crippen molar-refractivity contribution in [3.8, 4) is 0 Å². The van der Waals surface area contributed by atoms with Crippen LogP contribution < -0.4 is 0 Å². The largest absolute Gasteiger partial charge is 0.0613 e. The first-order valence-electron chi connectivity index (χ1n) is 13.8. The molecule has 4 aliphatic carbocycles. The van der Waals surface area contributed by atoms with Crippen LogP contribution in [0.5, 0.6) is 0 Å². The zero-order valence-corrected chi connectivity index (χ0v) is 20.9. The van der Waals surface area contributed by atoms with E-state index in [1.807, 2.05) is 0 Å². The SMILES string of the molecule is C(=C\c1ccc2c(c1)C1c3cccc4cccc(c34)C21)/c1ccc2c(c1)C1c3cccc4cccc(c34)C21. The topological polar surface area (TPSA) is 0 Å². The second-order valence-corrected chi connectivity index (χ2v) is 11.6. The summed E-state index contributed by atoms with van der Waals surface area (Å²) < 4.78 is 0. The molecule has 4 aliphatic rings. The summed E-state index contributed by atoms with van der Waals surface area (Å²) in [5.41, 5.74) is 14.7. The number of rotatable bonds is 2. The first-order valence-corrected chi connectivity index (χ1v) is 13.8. The van der Waals surface area contributed by atoms with Gasteiger partial charge in [0.15, 0.2) is 0 Å². The Morgan fingerprint density at radius 1 is 0.342 bits per heavy atom. The van der Waals surface area contributed by atoms with Gasteiger partial charge in [0, 0.05) is 23.7 Å². The van der Waals surface area contributed by atoms with E-state index < -0.39 is 0 Å². The van der Waals surface area contributed by atoms with E-state index in [-0.39, 0.29) is 0 Å². The third-order valence-corrected chi connectivity index (χ3v) is 9.98. The molecule has 0 spiro atoms. The Kier molecular flexibility index (Phi) is 3.47. The smallest absolute Gasteiger partial charge is 0.0208 e. The van der Waals surface area contributed by atoms with Gasteiger partial charge in [-0.1, -0.05) is 121 Å². The molecule has 6 aromatic rings. The van der Waals surface area contributed by atoms with E-state index in [0.717, 1.165) is 0 Å². The van der Waals surface area contributed by atoms with Crippen LogP contribution >= 0.6 is 0 Å². The fourth-order valence-corrected chi connectivity index (χ4v) is 8.44. The predicted molar refractivity (Wildman–Crippen MR) is 157 cm³/mol. The van der Waals surface area contributed by atoms with Crippen molar-refractivity contribution in [3.63, 3.8) is 0 Å². The molecule has 10 rings (SSSR count). The molecule has 176 valence electrons. The number of hydrogen-bond donors (Lipinski definition) is 0. The predicted octanol–water partition coefficient (Wildman–Crippen LogP) is 9.34. The molecule has 0 N–H and O–H groups in total. The summed E-state index contributed by atoms with van der Waals surface area (Å²) >= 11 is 0. The molecular formula is C38H24. The van der Waals surface area contributed by atoms with Crippen LogP contribution in [0, 0.1) is 0 Å². The Morgan fingerprint density at radius 3 is 1.11 bits per heavy atom. The van der Waals surface area contributed by atoms with Gasteiger partial charge in [-0.05, 0) is 77.2 Å². The fourth-order valence-electron chi connectivity index (χ4n) is 8.44. The van der Waals surface area contributed by atoms with Crippen LogP contribution in [0.4, 0.5) is 0 Å². The number of hydrogen-bond acceptors (Lipinski definition) is 0. The van der Waals surface area contributed by atoms with Gasteiger partial charge < -0.3 is 0 Å². The maximum Gasteiger partial charge on any atom is 0.0208 e. The second kappa shape index (κ2) is 6.71. The van der Waals surface area contributed by atoms with E-state index in [4.69, 9.17) is 0 Å². The van der Waals surface area contributed by atoms with Crippen molar-refractivity contribution in [2.24, 2.45) is 0 Å². The fraction of sp³-hybridized carbons (Fsp3) is 0.105. The van der Waals surface area contributed by atoms with Gasteiger partial charge in [-0.25, -0.2) is 0 Å². The summed E-state index contributed by atoms with van der Waals surface area (Å²) in [6.45, 7) is 0. The van der Waals surface area contributed by atoms with Crippen LogP contribution in [0.1, 0.15) is 79.3 Å². The van der Waals surface area contributed by atoms with Gasteiger partial charge in [-0.15, -0.1) is 0 Å². The van der Waals surface area contributed by atoms with E-state index >= 15 is 0 Å². The molecule has 0 bridgehead atoms. The van der Waals surface area contributed by atoms with Crippen molar-refractivity contribution in [2.75, 3.05) is 0 Å². The Hall–Kier alpha value is -4.42. The van der Waals surface area contributed by atoms with Crippen molar-refractivity contribution in [3.05, 3.63) is 165 Å². The normalized spacial score (nSPS) is 22.6. The van der Waals surface area contributed by atoms with E-state index in [2.05, 4.69) is 121 Å². The zero-order valence-electron chi connectivity index (χ0n) is 20.9. The molecular weight excluding hydrogens is 456 g/mol. The van der Waals surface area contributed by atoms with E-state index in [9.17, 15) is 0 Å². The van der Waals surface area contributed by atoms with Gasteiger partial charge >= 0.3 is 0 Å². The van der Waals surface area contributed by atoms with Crippen LogP contribution in [0.25, 0.3) is 33.7 Å².